The third-order valence-corrected chi connectivity index (χ3v) is 4.76. The fourth-order valence-corrected chi connectivity index (χ4v) is 3.42. The molecule has 0 aromatic heterocycles. The number of aromatic hydroxyl groups is 1. The Hall–Kier alpha value is -2.91. The molecule has 1 aliphatic rings. The second-order valence-electron chi connectivity index (χ2n) is 6.93. The van der Waals surface area contributed by atoms with Crippen LogP contribution in [0.3, 0.4) is 0 Å². The summed E-state index contributed by atoms with van der Waals surface area (Å²) in [6.07, 6.45) is -2.02. The standard InChI is InChI=1S/C20H22F2N2O5/c21-12-5-11(6-13(22)8-12)7-17(24-20(27)28)18(26)10-23-16-3-4-29-19-2-1-14(25)9-15(16)19/h1-2,5-6,8-9,16-18,23-26H,3-4,7,10H2,(H,27,28)/t16-,17-,18-/m0/s1. The second kappa shape index (κ2) is 9.06. The molecule has 0 spiro atoms. The maximum absolute atomic E-state index is 13.4. The van der Waals surface area contributed by atoms with Crippen LogP contribution in [-0.4, -0.2) is 46.7 Å². The van der Waals surface area contributed by atoms with E-state index in [0.717, 1.165) is 23.8 Å². The first kappa shape index (κ1) is 20.8. The highest BCUT2D eigenvalue weighted by atomic mass is 19.1. The van der Waals surface area contributed by atoms with Crippen LogP contribution in [-0.2, 0) is 6.42 Å². The number of phenolic OH excluding ortho intramolecular Hbond substituents is 1. The SMILES string of the molecule is O=C(O)N[C@@H](Cc1cc(F)cc(F)c1)[C@@H](O)CN[C@H]1CCOc2ccc(O)cc21. The Labute approximate surface area is 165 Å². The van der Waals surface area contributed by atoms with Gasteiger partial charge in [-0.05, 0) is 42.3 Å². The van der Waals surface area contributed by atoms with Gasteiger partial charge in [0.15, 0.2) is 0 Å². The average molecular weight is 408 g/mol. The quantitative estimate of drug-likeness (QED) is 0.481. The predicted molar refractivity (Wildman–Crippen MR) is 100.0 cm³/mol. The van der Waals surface area contributed by atoms with Gasteiger partial charge < -0.3 is 30.7 Å². The molecule has 0 radical (unpaired) electrons. The summed E-state index contributed by atoms with van der Waals surface area (Å²) in [6.45, 7) is 0.466. The normalized spacial score (nSPS) is 17.7. The molecule has 2 aromatic rings. The van der Waals surface area contributed by atoms with Gasteiger partial charge in [0, 0.05) is 30.6 Å². The maximum atomic E-state index is 13.4. The number of aliphatic hydroxyl groups is 1. The van der Waals surface area contributed by atoms with Crippen LogP contribution in [0.15, 0.2) is 36.4 Å². The molecule has 9 heteroatoms. The molecule has 2 aromatic carbocycles. The Bertz CT molecular complexity index is 860. The zero-order valence-corrected chi connectivity index (χ0v) is 15.4. The minimum absolute atomic E-state index is 0.0164. The molecule has 1 aliphatic heterocycles. The first-order valence-corrected chi connectivity index (χ1v) is 9.13. The number of hydrogen-bond acceptors (Lipinski definition) is 5. The van der Waals surface area contributed by atoms with Crippen LogP contribution in [0.4, 0.5) is 13.6 Å². The first-order chi connectivity index (χ1) is 13.8. The lowest BCUT2D eigenvalue weighted by atomic mass is 9.98. The maximum Gasteiger partial charge on any atom is 0.404 e. The van der Waals surface area contributed by atoms with Gasteiger partial charge in [-0.3, -0.25) is 0 Å². The van der Waals surface area contributed by atoms with Gasteiger partial charge in [0.05, 0.1) is 18.8 Å². The zero-order valence-electron chi connectivity index (χ0n) is 15.4. The van der Waals surface area contributed by atoms with Crippen molar-refractivity contribution in [3.63, 3.8) is 0 Å². The molecule has 0 unspecified atom stereocenters. The summed E-state index contributed by atoms with van der Waals surface area (Å²) in [5.41, 5.74) is 0.958. The summed E-state index contributed by atoms with van der Waals surface area (Å²) in [4.78, 5) is 11.1. The molecule has 0 aliphatic carbocycles. The fourth-order valence-electron chi connectivity index (χ4n) is 3.42. The van der Waals surface area contributed by atoms with Crippen molar-refractivity contribution < 1.29 is 33.6 Å². The Morgan fingerprint density at radius 2 is 1.93 bits per heavy atom. The van der Waals surface area contributed by atoms with Crippen molar-refractivity contribution in [2.75, 3.05) is 13.2 Å². The largest absolute Gasteiger partial charge is 0.508 e. The number of amides is 1. The molecule has 7 nitrogen and oxygen atoms in total. The van der Waals surface area contributed by atoms with E-state index in [9.17, 15) is 23.8 Å². The Kier molecular flexibility index (Phi) is 6.50. The number of nitrogens with one attached hydrogen (secondary N) is 2. The molecule has 29 heavy (non-hydrogen) atoms. The van der Waals surface area contributed by atoms with Gasteiger partial charge in [0.2, 0.25) is 0 Å². The monoisotopic (exact) mass is 408 g/mol. The Morgan fingerprint density at radius 1 is 1.21 bits per heavy atom. The third-order valence-electron chi connectivity index (χ3n) is 4.76. The molecule has 0 saturated heterocycles. The van der Waals surface area contributed by atoms with Gasteiger partial charge >= 0.3 is 6.09 Å². The molecule has 5 N–H and O–H groups in total. The number of ether oxygens (including phenoxy) is 1. The number of carboxylic acid groups (broad SMARTS) is 1. The third kappa shape index (κ3) is 5.55. The number of aliphatic hydroxyl groups excluding tert-OH is 1. The molecule has 1 heterocycles. The van der Waals surface area contributed by atoms with E-state index in [1.807, 2.05) is 0 Å². The van der Waals surface area contributed by atoms with Gasteiger partial charge in [0.1, 0.15) is 23.1 Å². The van der Waals surface area contributed by atoms with Crippen molar-refractivity contribution in [2.24, 2.45) is 0 Å². The predicted octanol–water partition coefficient (Wildman–Crippen LogP) is 2.32. The summed E-state index contributed by atoms with van der Waals surface area (Å²) >= 11 is 0. The molecule has 156 valence electrons. The van der Waals surface area contributed by atoms with E-state index >= 15 is 0 Å². The highest BCUT2D eigenvalue weighted by molar-refractivity contribution is 5.65. The van der Waals surface area contributed by atoms with Gasteiger partial charge in [-0.1, -0.05) is 0 Å². The van der Waals surface area contributed by atoms with Gasteiger partial charge in [-0.25, -0.2) is 13.6 Å². The highest BCUT2D eigenvalue weighted by Gasteiger charge is 2.26. The minimum atomic E-state index is -1.35. The summed E-state index contributed by atoms with van der Waals surface area (Å²) in [5.74, 6) is -0.850. The van der Waals surface area contributed by atoms with Crippen molar-refractivity contribution in [2.45, 2.75) is 31.0 Å². The molecule has 3 rings (SSSR count). The summed E-state index contributed by atoms with van der Waals surface area (Å²) in [5, 5.41) is 34.7. The topological polar surface area (TPSA) is 111 Å². The van der Waals surface area contributed by atoms with Crippen LogP contribution in [0.25, 0.3) is 0 Å². The molecular weight excluding hydrogens is 386 g/mol. The van der Waals surface area contributed by atoms with Crippen molar-refractivity contribution >= 4 is 6.09 Å². The average Bonchev–Trinajstić information content (AvgIpc) is 2.64. The van der Waals surface area contributed by atoms with Crippen LogP contribution in [0, 0.1) is 11.6 Å². The number of halogens is 2. The smallest absolute Gasteiger partial charge is 0.404 e. The summed E-state index contributed by atoms with van der Waals surface area (Å²) < 4.78 is 32.4. The first-order valence-electron chi connectivity index (χ1n) is 9.13. The van der Waals surface area contributed by atoms with Crippen LogP contribution < -0.4 is 15.4 Å². The van der Waals surface area contributed by atoms with Crippen molar-refractivity contribution in [3.8, 4) is 11.5 Å². The van der Waals surface area contributed by atoms with E-state index in [-0.39, 0.29) is 30.3 Å². The summed E-state index contributed by atoms with van der Waals surface area (Å²) in [6, 6.07) is 6.46. The number of phenols is 1. The Morgan fingerprint density at radius 3 is 2.62 bits per heavy atom. The van der Waals surface area contributed by atoms with Gasteiger partial charge in [0.25, 0.3) is 0 Å². The number of fused-ring (bicyclic) bond motifs is 1. The van der Waals surface area contributed by atoms with Crippen LogP contribution >= 0.6 is 0 Å². The van der Waals surface area contributed by atoms with Crippen molar-refractivity contribution in [1.82, 2.24) is 10.6 Å². The van der Waals surface area contributed by atoms with Crippen molar-refractivity contribution in [3.05, 3.63) is 59.2 Å². The second-order valence-corrected chi connectivity index (χ2v) is 6.93. The summed E-state index contributed by atoms with van der Waals surface area (Å²) in [7, 11) is 0. The lowest BCUT2D eigenvalue weighted by Gasteiger charge is -2.29. The molecule has 0 saturated carbocycles. The molecule has 0 fully saturated rings. The van der Waals surface area contributed by atoms with Gasteiger partial charge in [-0.2, -0.15) is 0 Å². The lowest BCUT2D eigenvalue weighted by Crippen LogP contribution is -2.49. The molecule has 1 amide bonds. The van der Waals surface area contributed by atoms with E-state index in [1.54, 1.807) is 12.1 Å². The number of hydrogen-bond donors (Lipinski definition) is 5. The minimum Gasteiger partial charge on any atom is -0.508 e. The van der Waals surface area contributed by atoms with E-state index in [0.29, 0.717) is 18.8 Å². The van der Waals surface area contributed by atoms with E-state index in [2.05, 4.69) is 10.6 Å². The molecular formula is C20H22F2N2O5. The number of benzene rings is 2. The molecule has 3 atom stereocenters. The van der Waals surface area contributed by atoms with Crippen molar-refractivity contribution in [1.29, 1.82) is 0 Å². The van der Waals surface area contributed by atoms with E-state index in [1.165, 1.54) is 6.07 Å². The number of carbonyl (C=O) groups is 1. The van der Waals surface area contributed by atoms with Gasteiger partial charge in [-0.15, -0.1) is 0 Å². The van der Waals surface area contributed by atoms with E-state index in [4.69, 9.17) is 9.84 Å². The Balaban J connectivity index is 1.68. The van der Waals surface area contributed by atoms with Crippen LogP contribution in [0.2, 0.25) is 0 Å². The molecule has 0 bridgehead atoms. The lowest BCUT2D eigenvalue weighted by molar-refractivity contribution is 0.112. The van der Waals surface area contributed by atoms with Crippen LogP contribution in [0.1, 0.15) is 23.6 Å². The van der Waals surface area contributed by atoms with Crippen LogP contribution in [0.5, 0.6) is 11.5 Å². The fraction of sp³-hybridized carbons (Fsp3) is 0.350. The highest BCUT2D eigenvalue weighted by Crippen LogP contribution is 2.34. The zero-order chi connectivity index (χ0) is 21.0. The number of rotatable bonds is 7. The van der Waals surface area contributed by atoms with E-state index < -0.39 is 29.9 Å².